The quantitative estimate of drug-likeness (QED) is 0.660. The summed E-state index contributed by atoms with van der Waals surface area (Å²) in [6.45, 7) is 1.45. The lowest BCUT2D eigenvalue weighted by molar-refractivity contribution is 0.0575. The Morgan fingerprint density at radius 2 is 2.40 bits per heavy atom. The van der Waals surface area contributed by atoms with Gasteiger partial charge in [-0.2, -0.15) is 0 Å². The first-order chi connectivity index (χ1) is 4.74. The van der Waals surface area contributed by atoms with Gasteiger partial charge in [-0.05, 0) is 13.5 Å². The van der Waals surface area contributed by atoms with E-state index in [2.05, 4.69) is 0 Å². The van der Waals surface area contributed by atoms with Gasteiger partial charge in [-0.3, -0.25) is 0 Å². The Morgan fingerprint density at radius 1 is 1.70 bits per heavy atom. The smallest absolute Gasteiger partial charge is 0.140 e. The van der Waals surface area contributed by atoms with E-state index < -0.39 is 6.17 Å². The number of alkyl halides is 1. The standard InChI is InChI=1S/C6H11FINO/c1-9-3-2-6(10-8)5(7)4-9/h5-6H,2-4H2,1H3. The van der Waals surface area contributed by atoms with Crippen molar-refractivity contribution in [2.45, 2.75) is 18.7 Å². The van der Waals surface area contributed by atoms with E-state index in [-0.39, 0.29) is 6.10 Å². The van der Waals surface area contributed by atoms with Gasteiger partial charge in [0.05, 0.1) is 0 Å². The number of nitrogens with zero attached hydrogens (tertiary/aromatic N) is 1. The number of hydrogen-bond donors (Lipinski definition) is 0. The van der Waals surface area contributed by atoms with Crippen LogP contribution >= 0.6 is 23.0 Å². The largest absolute Gasteiger partial charge is 0.309 e. The molecule has 2 atom stereocenters. The third-order valence-electron chi connectivity index (χ3n) is 1.80. The normalized spacial score (nSPS) is 36.3. The molecule has 4 heteroatoms. The van der Waals surface area contributed by atoms with Crippen molar-refractivity contribution in [3.05, 3.63) is 0 Å². The lowest BCUT2D eigenvalue weighted by Gasteiger charge is -2.30. The molecule has 2 unspecified atom stereocenters. The highest BCUT2D eigenvalue weighted by atomic mass is 127. The third-order valence-corrected chi connectivity index (χ3v) is 2.45. The first-order valence-corrected chi connectivity index (χ1v) is 4.22. The Morgan fingerprint density at radius 3 is 2.90 bits per heavy atom. The summed E-state index contributed by atoms with van der Waals surface area (Å²) in [5.41, 5.74) is 0. The number of halogens is 2. The minimum atomic E-state index is -0.810. The van der Waals surface area contributed by atoms with Crippen molar-refractivity contribution >= 4 is 23.0 Å². The first kappa shape index (κ1) is 8.67. The molecule has 0 radical (unpaired) electrons. The second-order valence-electron chi connectivity index (χ2n) is 2.69. The molecule has 2 nitrogen and oxygen atoms in total. The second kappa shape index (κ2) is 3.82. The molecule has 0 aromatic heterocycles. The number of piperidine rings is 1. The van der Waals surface area contributed by atoms with Crippen LogP contribution < -0.4 is 0 Å². The van der Waals surface area contributed by atoms with Crippen molar-refractivity contribution in [2.24, 2.45) is 0 Å². The van der Waals surface area contributed by atoms with Gasteiger partial charge in [-0.1, -0.05) is 0 Å². The molecule has 1 fully saturated rings. The molecular formula is C6H11FINO. The number of rotatable bonds is 1. The summed E-state index contributed by atoms with van der Waals surface area (Å²) in [4.78, 5) is 1.98. The predicted octanol–water partition coefficient (Wildman–Crippen LogP) is 1.40. The van der Waals surface area contributed by atoms with Gasteiger partial charge in [0.15, 0.2) is 0 Å². The van der Waals surface area contributed by atoms with E-state index in [9.17, 15) is 4.39 Å². The van der Waals surface area contributed by atoms with Crippen molar-refractivity contribution in [3.8, 4) is 0 Å². The summed E-state index contributed by atoms with van der Waals surface area (Å²) in [5.74, 6) is 0. The lowest BCUT2D eigenvalue weighted by atomic mass is 10.1. The second-order valence-corrected chi connectivity index (χ2v) is 3.20. The number of likely N-dealkylation sites (tertiary alicyclic amines) is 1. The Bertz CT molecular complexity index is 114. The summed E-state index contributed by atoms with van der Waals surface area (Å²) in [6.07, 6.45) is -0.187. The average molecular weight is 259 g/mol. The highest BCUT2D eigenvalue weighted by molar-refractivity contribution is 14.1. The SMILES string of the molecule is CN1CCC(OI)C(F)C1. The minimum Gasteiger partial charge on any atom is -0.309 e. The maximum Gasteiger partial charge on any atom is 0.140 e. The molecule has 1 aliphatic heterocycles. The van der Waals surface area contributed by atoms with Crippen LogP contribution in [-0.4, -0.2) is 37.3 Å². The van der Waals surface area contributed by atoms with Crippen LogP contribution in [0.15, 0.2) is 0 Å². The molecule has 0 aromatic rings. The molecule has 0 N–H and O–H groups in total. The molecule has 0 amide bonds. The molecule has 60 valence electrons. The molecule has 0 saturated carbocycles. The van der Waals surface area contributed by atoms with Crippen molar-refractivity contribution in [3.63, 3.8) is 0 Å². The van der Waals surface area contributed by atoms with E-state index in [4.69, 9.17) is 3.07 Å². The Kier molecular flexibility index (Phi) is 3.32. The molecule has 1 saturated heterocycles. The van der Waals surface area contributed by atoms with Crippen molar-refractivity contribution < 1.29 is 7.46 Å². The van der Waals surface area contributed by atoms with Crippen molar-refractivity contribution in [1.82, 2.24) is 4.90 Å². The molecule has 1 aliphatic rings. The van der Waals surface area contributed by atoms with Crippen LogP contribution in [0.4, 0.5) is 4.39 Å². The predicted molar refractivity (Wildman–Crippen MR) is 45.9 cm³/mol. The van der Waals surface area contributed by atoms with E-state index in [0.29, 0.717) is 6.54 Å². The zero-order chi connectivity index (χ0) is 7.56. The summed E-state index contributed by atoms with van der Waals surface area (Å²) in [5, 5.41) is 0. The average Bonchev–Trinajstić information content (AvgIpc) is 1.88. The molecule has 0 aliphatic carbocycles. The van der Waals surface area contributed by atoms with Crippen LogP contribution in [0.1, 0.15) is 6.42 Å². The molecule has 10 heavy (non-hydrogen) atoms. The summed E-state index contributed by atoms with van der Waals surface area (Å²) >= 11 is 1.77. The highest BCUT2D eigenvalue weighted by Gasteiger charge is 2.27. The van der Waals surface area contributed by atoms with E-state index in [1.807, 2.05) is 11.9 Å². The topological polar surface area (TPSA) is 12.5 Å². The fourth-order valence-corrected chi connectivity index (χ4v) is 1.71. The van der Waals surface area contributed by atoms with Crippen LogP contribution in [0.3, 0.4) is 0 Å². The van der Waals surface area contributed by atoms with Crippen LogP contribution in [0.25, 0.3) is 0 Å². The van der Waals surface area contributed by atoms with Crippen LogP contribution in [0, 0.1) is 0 Å². The van der Waals surface area contributed by atoms with Gasteiger partial charge in [0, 0.05) is 13.1 Å². The van der Waals surface area contributed by atoms with Gasteiger partial charge >= 0.3 is 0 Å². The van der Waals surface area contributed by atoms with Gasteiger partial charge in [-0.15, -0.1) is 0 Å². The summed E-state index contributed by atoms with van der Waals surface area (Å²) in [6, 6.07) is 0. The zero-order valence-electron chi connectivity index (χ0n) is 5.89. The van der Waals surface area contributed by atoms with Gasteiger partial charge in [0.2, 0.25) is 0 Å². The maximum absolute atomic E-state index is 12.9. The fraction of sp³-hybridized carbons (Fsp3) is 1.00. The van der Waals surface area contributed by atoms with E-state index in [1.165, 1.54) is 0 Å². The monoisotopic (exact) mass is 259 g/mol. The molecular weight excluding hydrogens is 248 g/mol. The minimum absolute atomic E-state index is 0.184. The van der Waals surface area contributed by atoms with Crippen molar-refractivity contribution in [1.29, 1.82) is 0 Å². The first-order valence-electron chi connectivity index (χ1n) is 3.34. The van der Waals surface area contributed by atoms with Crippen LogP contribution in [0.5, 0.6) is 0 Å². The number of hydrogen-bond acceptors (Lipinski definition) is 2. The van der Waals surface area contributed by atoms with Crippen molar-refractivity contribution in [2.75, 3.05) is 20.1 Å². The summed E-state index contributed by atoms with van der Waals surface area (Å²) in [7, 11) is 1.93. The molecule has 1 rings (SSSR count). The summed E-state index contributed by atoms with van der Waals surface area (Å²) < 4.78 is 17.8. The Hall–Kier alpha value is 0.580. The van der Waals surface area contributed by atoms with Gasteiger partial charge in [-0.25, -0.2) is 4.39 Å². The van der Waals surface area contributed by atoms with Gasteiger partial charge in [0.1, 0.15) is 35.3 Å². The Balaban J connectivity index is 2.36. The highest BCUT2D eigenvalue weighted by Crippen LogP contribution is 2.17. The van der Waals surface area contributed by atoms with Gasteiger partial charge < -0.3 is 7.97 Å². The van der Waals surface area contributed by atoms with Crippen LogP contribution in [0.2, 0.25) is 0 Å². The zero-order valence-corrected chi connectivity index (χ0v) is 8.04. The van der Waals surface area contributed by atoms with E-state index >= 15 is 0 Å². The molecule has 0 spiro atoms. The van der Waals surface area contributed by atoms with E-state index in [0.717, 1.165) is 13.0 Å². The molecule has 0 aromatic carbocycles. The van der Waals surface area contributed by atoms with Crippen LogP contribution in [-0.2, 0) is 3.07 Å². The maximum atomic E-state index is 12.9. The van der Waals surface area contributed by atoms with E-state index in [1.54, 1.807) is 23.0 Å². The lowest BCUT2D eigenvalue weighted by Crippen LogP contribution is -2.42. The Labute approximate surface area is 74.4 Å². The fourth-order valence-electron chi connectivity index (χ4n) is 1.14. The van der Waals surface area contributed by atoms with Gasteiger partial charge in [0.25, 0.3) is 0 Å². The molecule has 1 heterocycles. The molecule has 0 bridgehead atoms. The third kappa shape index (κ3) is 2.03.